The van der Waals surface area contributed by atoms with Crippen LogP contribution in [0.4, 0.5) is 0 Å². The van der Waals surface area contributed by atoms with Gasteiger partial charge in [-0.1, -0.05) is 25.7 Å². The van der Waals surface area contributed by atoms with Gasteiger partial charge in [-0.25, -0.2) is 0 Å². The molecule has 1 atom stereocenters. The van der Waals surface area contributed by atoms with Crippen molar-refractivity contribution >= 4 is 43.2 Å². The summed E-state index contributed by atoms with van der Waals surface area (Å²) < 4.78 is 2.36. The van der Waals surface area contributed by atoms with E-state index in [2.05, 4.69) is 37.9 Å². The zero-order valence-electron chi connectivity index (χ0n) is 9.22. The molecule has 90 valence electrons. The molecule has 4 heteroatoms. The van der Waals surface area contributed by atoms with Gasteiger partial charge in [0.15, 0.2) is 0 Å². The molecule has 0 saturated heterocycles. The molecule has 16 heavy (non-hydrogen) atoms. The molecule has 1 aliphatic carbocycles. The minimum atomic E-state index is 0.204. The number of nitrogens with two attached hydrogens (primary N) is 1. The summed E-state index contributed by atoms with van der Waals surface area (Å²) in [5.41, 5.74) is 7.69. The summed E-state index contributed by atoms with van der Waals surface area (Å²) in [4.78, 5) is 0. The summed E-state index contributed by atoms with van der Waals surface area (Å²) in [5, 5.41) is 0. The van der Waals surface area contributed by atoms with Crippen molar-refractivity contribution in [3.63, 3.8) is 0 Å². The van der Waals surface area contributed by atoms with Crippen molar-refractivity contribution in [2.24, 2.45) is 11.7 Å². The molecule has 0 radical (unpaired) electrons. The van der Waals surface area contributed by atoms with E-state index in [0.717, 1.165) is 0 Å². The highest BCUT2D eigenvalue weighted by atomic mass is 79.9. The summed E-state index contributed by atoms with van der Waals surface area (Å²) >= 11 is 8.86. The first-order valence-corrected chi connectivity index (χ1v) is 8.29. The second-order valence-electron chi connectivity index (χ2n) is 4.56. The first-order valence-electron chi connectivity index (χ1n) is 5.89. The number of thiophene rings is 1. The second kappa shape index (κ2) is 5.98. The molecule has 0 aromatic carbocycles. The summed E-state index contributed by atoms with van der Waals surface area (Å²) in [6.07, 6.45) is 8.06. The predicted octanol–water partition coefficient (Wildman–Crippen LogP) is 5.24. The summed E-state index contributed by atoms with van der Waals surface area (Å²) in [5.74, 6) is 0.667. The number of hydrogen-bond acceptors (Lipinski definition) is 2. The van der Waals surface area contributed by atoms with Crippen molar-refractivity contribution in [3.8, 4) is 0 Å². The molecule has 0 aliphatic heterocycles. The smallest absolute Gasteiger partial charge is 0.0758 e. The Kier molecular flexibility index (Phi) is 4.89. The topological polar surface area (TPSA) is 26.0 Å². The van der Waals surface area contributed by atoms with Crippen LogP contribution in [0.1, 0.15) is 50.1 Å². The Morgan fingerprint density at radius 3 is 2.31 bits per heavy atom. The maximum Gasteiger partial charge on any atom is 0.0758 e. The van der Waals surface area contributed by atoms with Gasteiger partial charge in [0.2, 0.25) is 0 Å². The van der Waals surface area contributed by atoms with E-state index in [1.165, 1.54) is 51.7 Å². The van der Waals surface area contributed by atoms with E-state index in [9.17, 15) is 0 Å². The van der Waals surface area contributed by atoms with Crippen LogP contribution in [-0.4, -0.2) is 0 Å². The van der Waals surface area contributed by atoms with E-state index in [1.807, 2.05) is 0 Å². The molecule has 1 saturated carbocycles. The second-order valence-corrected chi connectivity index (χ2v) is 8.31. The van der Waals surface area contributed by atoms with Crippen molar-refractivity contribution in [2.75, 3.05) is 0 Å². The average molecular weight is 367 g/mol. The van der Waals surface area contributed by atoms with Gasteiger partial charge >= 0.3 is 0 Å². The van der Waals surface area contributed by atoms with E-state index < -0.39 is 0 Å². The molecule has 0 bridgehead atoms. The number of rotatable bonds is 2. The molecule has 1 nitrogen and oxygen atoms in total. The van der Waals surface area contributed by atoms with Crippen LogP contribution in [0.15, 0.2) is 13.6 Å². The summed E-state index contributed by atoms with van der Waals surface area (Å²) in [6, 6.07) is 2.37. The number of halogens is 2. The van der Waals surface area contributed by atoms with E-state index in [0.29, 0.717) is 5.92 Å². The monoisotopic (exact) mass is 365 g/mol. The lowest BCUT2D eigenvalue weighted by Crippen LogP contribution is -2.20. The Morgan fingerprint density at radius 2 is 1.81 bits per heavy atom. The molecular formula is C12H17Br2NS. The van der Waals surface area contributed by atoms with Gasteiger partial charge in [-0.15, -0.1) is 11.3 Å². The molecule has 1 aromatic rings. The quantitative estimate of drug-likeness (QED) is 0.711. The largest absolute Gasteiger partial charge is 0.324 e. The molecule has 2 N–H and O–H groups in total. The lowest BCUT2D eigenvalue weighted by atomic mass is 9.89. The summed E-state index contributed by atoms with van der Waals surface area (Å²) in [6.45, 7) is 0. The van der Waals surface area contributed by atoms with Crippen LogP contribution in [0.5, 0.6) is 0 Å². The van der Waals surface area contributed by atoms with E-state index in [4.69, 9.17) is 5.73 Å². The Morgan fingerprint density at radius 1 is 1.19 bits per heavy atom. The van der Waals surface area contributed by atoms with Crippen LogP contribution in [0.3, 0.4) is 0 Å². The third-order valence-corrected chi connectivity index (χ3v) is 5.84. The SMILES string of the molecule is NC(c1cc(Br)sc1Br)C1CCCCCC1. The van der Waals surface area contributed by atoms with Crippen LogP contribution >= 0.6 is 43.2 Å². The van der Waals surface area contributed by atoms with Gasteiger partial charge in [0.05, 0.1) is 7.57 Å². The zero-order valence-corrected chi connectivity index (χ0v) is 13.2. The van der Waals surface area contributed by atoms with Crippen molar-refractivity contribution in [1.82, 2.24) is 0 Å². The van der Waals surface area contributed by atoms with E-state index in [-0.39, 0.29) is 6.04 Å². The molecular weight excluding hydrogens is 350 g/mol. The van der Waals surface area contributed by atoms with Crippen LogP contribution < -0.4 is 5.73 Å². The maximum absolute atomic E-state index is 6.41. The molecule has 1 fully saturated rings. The highest BCUT2D eigenvalue weighted by molar-refractivity contribution is 9.12. The van der Waals surface area contributed by atoms with E-state index >= 15 is 0 Å². The van der Waals surface area contributed by atoms with Crippen molar-refractivity contribution in [3.05, 3.63) is 19.2 Å². The van der Waals surface area contributed by atoms with Gasteiger partial charge in [-0.05, 0) is 62.2 Å². The predicted molar refractivity (Wildman–Crippen MR) is 77.8 cm³/mol. The molecule has 1 aromatic heterocycles. The van der Waals surface area contributed by atoms with Gasteiger partial charge in [-0.3, -0.25) is 0 Å². The minimum absolute atomic E-state index is 0.204. The first-order chi connectivity index (χ1) is 7.68. The Labute approximate surface area is 118 Å². The number of hydrogen-bond donors (Lipinski definition) is 1. The van der Waals surface area contributed by atoms with Crippen LogP contribution in [0, 0.1) is 5.92 Å². The lowest BCUT2D eigenvalue weighted by Gasteiger charge is -2.22. The zero-order chi connectivity index (χ0) is 11.5. The van der Waals surface area contributed by atoms with Crippen molar-refractivity contribution in [1.29, 1.82) is 0 Å². The van der Waals surface area contributed by atoms with Crippen LogP contribution in [0.2, 0.25) is 0 Å². The van der Waals surface area contributed by atoms with E-state index in [1.54, 1.807) is 11.3 Å². The fraction of sp³-hybridized carbons (Fsp3) is 0.667. The Balaban J connectivity index is 2.10. The third-order valence-electron chi connectivity index (χ3n) is 3.45. The van der Waals surface area contributed by atoms with Gasteiger partial charge in [-0.2, -0.15) is 0 Å². The average Bonchev–Trinajstić information content (AvgIpc) is 2.49. The van der Waals surface area contributed by atoms with Crippen LogP contribution in [-0.2, 0) is 0 Å². The lowest BCUT2D eigenvalue weighted by molar-refractivity contribution is 0.382. The minimum Gasteiger partial charge on any atom is -0.324 e. The van der Waals surface area contributed by atoms with Crippen LogP contribution in [0.25, 0.3) is 0 Å². The summed E-state index contributed by atoms with van der Waals surface area (Å²) in [7, 11) is 0. The van der Waals surface area contributed by atoms with Gasteiger partial charge in [0, 0.05) is 6.04 Å². The van der Waals surface area contributed by atoms with Crippen molar-refractivity contribution in [2.45, 2.75) is 44.6 Å². The van der Waals surface area contributed by atoms with Gasteiger partial charge < -0.3 is 5.73 Å². The first kappa shape index (κ1) is 13.1. The van der Waals surface area contributed by atoms with Crippen molar-refractivity contribution < 1.29 is 0 Å². The highest BCUT2D eigenvalue weighted by Crippen LogP contribution is 2.40. The third kappa shape index (κ3) is 3.09. The fourth-order valence-corrected chi connectivity index (χ4v) is 5.46. The molecule has 1 heterocycles. The highest BCUT2D eigenvalue weighted by Gasteiger charge is 2.23. The van der Waals surface area contributed by atoms with Gasteiger partial charge in [0.1, 0.15) is 0 Å². The molecule has 1 unspecified atom stereocenters. The van der Waals surface area contributed by atoms with Gasteiger partial charge in [0.25, 0.3) is 0 Å². The molecule has 0 amide bonds. The fourth-order valence-electron chi connectivity index (χ4n) is 2.50. The standard InChI is InChI=1S/C12H17Br2NS/c13-10-7-9(12(14)16-10)11(15)8-5-3-1-2-4-6-8/h7-8,11H,1-6,15H2. The molecule has 2 rings (SSSR count). The normalized spacial score (nSPS) is 20.7. The molecule has 1 aliphatic rings. The Bertz CT molecular complexity index is 343. The Hall–Kier alpha value is 0.620. The molecule has 0 spiro atoms. The maximum atomic E-state index is 6.41.